The van der Waals surface area contributed by atoms with E-state index in [4.69, 9.17) is 5.73 Å². The number of nitrogens with one attached hydrogen (secondary N) is 2. The highest BCUT2D eigenvalue weighted by molar-refractivity contribution is 5.86. The van der Waals surface area contributed by atoms with Crippen molar-refractivity contribution in [3.63, 3.8) is 0 Å². The molecule has 0 heterocycles. The van der Waals surface area contributed by atoms with Crippen LogP contribution in [0.1, 0.15) is 19.8 Å². The zero-order valence-corrected chi connectivity index (χ0v) is 6.96. The topological polar surface area (TPSA) is 84.2 Å². The Morgan fingerprint density at radius 3 is 2.50 bits per heavy atom. The first kappa shape index (κ1) is 8.83. The summed E-state index contributed by atoms with van der Waals surface area (Å²) in [4.78, 5) is 21.5. The molecule has 0 bridgehead atoms. The fourth-order valence-corrected chi connectivity index (χ4v) is 0.833. The Labute approximate surface area is 70.7 Å². The first-order chi connectivity index (χ1) is 5.59. The molecule has 5 heteroatoms. The van der Waals surface area contributed by atoms with Gasteiger partial charge in [-0.15, -0.1) is 0 Å². The lowest BCUT2D eigenvalue weighted by Crippen LogP contribution is -2.47. The van der Waals surface area contributed by atoms with E-state index >= 15 is 0 Å². The van der Waals surface area contributed by atoms with E-state index in [-0.39, 0.29) is 5.91 Å². The lowest BCUT2D eigenvalue weighted by molar-refractivity contribution is -0.122. The van der Waals surface area contributed by atoms with Gasteiger partial charge in [-0.05, 0) is 19.8 Å². The molecule has 12 heavy (non-hydrogen) atoms. The number of hydrogen-bond donors (Lipinski definition) is 3. The van der Waals surface area contributed by atoms with Gasteiger partial charge in [-0.2, -0.15) is 0 Å². The van der Waals surface area contributed by atoms with Crippen LogP contribution in [0.2, 0.25) is 0 Å². The van der Waals surface area contributed by atoms with Gasteiger partial charge in [0.1, 0.15) is 6.04 Å². The molecule has 1 rings (SSSR count). The minimum absolute atomic E-state index is 0.170. The fourth-order valence-electron chi connectivity index (χ4n) is 0.833. The second-order valence-electron chi connectivity index (χ2n) is 3.01. The van der Waals surface area contributed by atoms with Crippen LogP contribution in [-0.4, -0.2) is 24.0 Å². The van der Waals surface area contributed by atoms with Crippen LogP contribution in [0.3, 0.4) is 0 Å². The first-order valence-corrected chi connectivity index (χ1v) is 3.96. The van der Waals surface area contributed by atoms with Gasteiger partial charge < -0.3 is 16.4 Å². The Hall–Kier alpha value is -1.26. The highest BCUT2D eigenvalue weighted by Gasteiger charge is 2.25. The third-order valence-electron chi connectivity index (χ3n) is 1.68. The van der Waals surface area contributed by atoms with Crippen LogP contribution >= 0.6 is 0 Å². The molecule has 1 aliphatic rings. The zero-order valence-electron chi connectivity index (χ0n) is 6.96. The summed E-state index contributed by atoms with van der Waals surface area (Å²) in [5, 5.41) is 5.05. The Morgan fingerprint density at radius 1 is 1.50 bits per heavy atom. The van der Waals surface area contributed by atoms with Crippen LogP contribution in [0.5, 0.6) is 0 Å². The molecule has 0 radical (unpaired) electrons. The maximum atomic E-state index is 11.1. The number of primary amides is 1. The van der Waals surface area contributed by atoms with Crippen molar-refractivity contribution in [3.8, 4) is 0 Å². The Balaban J connectivity index is 2.24. The second-order valence-corrected chi connectivity index (χ2v) is 3.01. The van der Waals surface area contributed by atoms with Gasteiger partial charge in [0.2, 0.25) is 5.91 Å². The van der Waals surface area contributed by atoms with Crippen LogP contribution in [0.25, 0.3) is 0 Å². The third kappa shape index (κ3) is 2.77. The van der Waals surface area contributed by atoms with Crippen LogP contribution in [0.15, 0.2) is 0 Å². The average molecular weight is 171 g/mol. The van der Waals surface area contributed by atoms with E-state index < -0.39 is 12.1 Å². The van der Waals surface area contributed by atoms with E-state index in [1.807, 2.05) is 0 Å². The smallest absolute Gasteiger partial charge is 0.312 e. The number of amides is 3. The summed E-state index contributed by atoms with van der Waals surface area (Å²) in [6, 6.07) is -0.897. The number of hydrogen-bond acceptors (Lipinski definition) is 2. The number of urea groups is 1. The molecule has 0 aromatic carbocycles. The number of carbonyl (C=O) groups is 2. The molecule has 3 amide bonds. The van der Waals surface area contributed by atoms with Crippen molar-refractivity contribution in [2.45, 2.75) is 31.8 Å². The summed E-state index contributed by atoms with van der Waals surface area (Å²) in [5.41, 5.74) is 4.85. The van der Waals surface area contributed by atoms with Crippen molar-refractivity contribution in [1.82, 2.24) is 10.6 Å². The lowest BCUT2D eigenvalue weighted by atomic mass is 10.3. The molecule has 0 saturated heterocycles. The molecule has 0 aromatic rings. The predicted octanol–water partition coefficient (Wildman–Crippen LogP) is -0.678. The normalized spacial score (nSPS) is 18.1. The van der Waals surface area contributed by atoms with Crippen LogP contribution in [0.4, 0.5) is 4.79 Å². The number of carbonyl (C=O) groups excluding carboxylic acids is 2. The molecule has 1 atom stereocenters. The average Bonchev–Trinajstić information content (AvgIpc) is 2.70. The Bertz CT molecular complexity index is 201. The van der Waals surface area contributed by atoms with Gasteiger partial charge in [0, 0.05) is 6.04 Å². The van der Waals surface area contributed by atoms with E-state index in [9.17, 15) is 9.59 Å². The standard InChI is InChI=1S/C7H13N3O2/c1-4(9-7(8)12)6(11)10-5-2-3-5/h4-5H,2-3H2,1H3,(H,10,11)(H3,8,9,12). The maximum Gasteiger partial charge on any atom is 0.312 e. The lowest BCUT2D eigenvalue weighted by Gasteiger charge is -2.11. The SMILES string of the molecule is CC(NC(N)=O)C(=O)NC1CC1. The van der Waals surface area contributed by atoms with E-state index in [1.165, 1.54) is 0 Å². The quantitative estimate of drug-likeness (QED) is 0.525. The van der Waals surface area contributed by atoms with Gasteiger partial charge in [0.25, 0.3) is 0 Å². The summed E-state index contributed by atoms with van der Waals surface area (Å²) in [6.07, 6.45) is 2.07. The molecule has 5 nitrogen and oxygen atoms in total. The maximum absolute atomic E-state index is 11.1. The molecule has 68 valence electrons. The molecule has 1 fully saturated rings. The van der Waals surface area contributed by atoms with Gasteiger partial charge in [0.05, 0.1) is 0 Å². The van der Waals surface area contributed by atoms with Gasteiger partial charge in [-0.1, -0.05) is 0 Å². The molecule has 1 aliphatic carbocycles. The summed E-state index contributed by atoms with van der Waals surface area (Å²) in [6.45, 7) is 1.60. The largest absolute Gasteiger partial charge is 0.352 e. The van der Waals surface area contributed by atoms with Crippen molar-refractivity contribution in [3.05, 3.63) is 0 Å². The minimum atomic E-state index is -0.673. The second kappa shape index (κ2) is 3.42. The van der Waals surface area contributed by atoms with E-state index in [1.54, 1.807) is 6.92 Å². The summed E-state index contributed by atoms with van der Waals surface area (Å²) in [7, 11) is 0. The fraction of sp³-hybridized carbons (Fsp3) is 0.714. The van der Waals surface area contributed by atoms with Crippen LogP contribution in [-0.2, 0) is 4.79 Å². The summed E-state index contributed by atoms with van der Waals surface area (Å²) < 4.78 is 0. The zero-order chi connectivity index (χ0) is 9.14. The van der Waals surface area contributed by atoms with Crippen LogP contribution < -0.4 is 16.4 Å². The number of nitrogens with two attached hydrogens (primary N) is 1. The van der Waals surface area contributed by atoms with Crippen LogP contribution in [0, 0.1) is 0 Å². The number of rotatable bonds is 3. The van der Waals surface area contributed by atoms with Crippen molar-refractivity contribution in [2.75, 3.05) is 0 Å². The van der Waals surface area contributed by atoms with E-state index in [2.05, 4.69) is 10.6 Å². The molecule has 0 spiro atoms. The van der Waals surface area contributed by atoms with Crippen molar-refractivity contribution >= 4 is 11.9 Å². The molecule has 1 unspecified atom stereocenters. The van der Waals surface area contributed by atoms with Crippen molar-refractivity contribution in [2.24, 2.45) is 5.73 Å². The van der Waals surface area contributed by atoms with E-state index in [0.717, 1.165) is 12.8 Å². The van der Waals surface area contributed by atoms with Crippen molar-refractivity contribution < 1.29 is 9.59 Å². The summed E-state index contributed by atoms with van der Waals surface area (Å²) in [5.74, 6) is -0.170. The third-order valence-corrected chi connectivity index (χ3v) is 1.68. The summed E-state index contributed by atoms with van der Waals surface area (Å²) >= 11 is 0. The minimum Gasteiger partial charge on any atom is -0.352 e. The van der Waals surface area contributed by atoms with Gasteiger partial charge in [0.15, 0.2) is 0 Å². The Morgan fingerprint density at radius 2 is 2.08 bits per heavy atom. The van der Waals surface area contributed by atoms with Gasteiger partial charge in [-0.25, -0.2) is 4.79 Å². The van der Waals surface area contributed by atoms with E-state index in [0.29, 0.717) is 6.04 Å². The van der Waals surface area contributed by atoms with Gasteiger partial charge in [-0.3, -0.25) is 4.79 Å². The molecule has 0 aliphatic heterocycles. The highest BCUT2D eigenvalue weighted by atomic mass is 16.2. The molecule has 4 N–H and O–H groups in total. The molecule has 0 aromatic heterocycles. The molecular formula is C7H13N3O2. The first-order valence-electron chi connectivity index (χ1n) is 3.96. The Kier molecular flexibility index (Phi) is 2.52. The highest BCUT2D eigenvalue weighted by Crippen LogP contribution is 2.18. The predicted molar refractivity (Wildman–Crippen MR) is 43.3 cm³/mol. The van der Waals surface area contributed by atoms with Crippen molar-refractivity contribution in [1.29, 1.82) is 0 Å². The van der Waals surface area contributed by atoms with Gasteiger partial charge >= 0.3 is 6.03 Å². The monoisotopic (exact) mass is 171 g/mol. The molecular weight excluding hydrogens is 158 g/mol. The molecule has 1 saturated carbocycles.